The standard InChI is InChI=1S/C7H9N5O/c1-8-13-4-5-2-3-6-7(9-5)11-12-10-6/h2-3,10,12H,1,4H2,(H,9,11). The fraction of sp³-hybridized carbons (Fsp3) is 0.143. The third-order valence-electron chi connectivity index (χ3n) is 1.63. The molecule has 0 spiro atoms. The Balaban J connectivity index is 2.16. The van der Waals surface area contributed by atoms with Gasteiger partial charge in [-0.2, -0.15) is 0 Å². The van der Waals surface area contributed by atoms with Crippen LogP contribution in [-0.4, -0.2) is 11.7 Å². The summed E-state index contributed by atoms with van der Waals surface area (Å²) >= 11 is 0. The van der Waals surface area contributed by atoms with Crippen LogP contribution in [-0.2, 0) is 11.4 Å². The van der Waals surface area contributed by atoms with E-state index in [9.17, 15) is 0 Å². The van der Waals surface area contributed by atoms with E-state index in [0.717, 1.165) is 17.2 Å². The molecule has 3 N–H and O–H groups in total. The van der Waals surface area contributed by atoms with Crippen molar-refractivity contribution >= 4 is 18.2 Å². The van der Waals surface area contributed by atoms with Gasteiger partial charge < -0.3 is 10.3 Å². The zero-order valence-electron chi connectivity index (χ0n) is 6.87. The van der Waals surface area contributed by atoms with Crippen LogP contribution in [0.1, 0.15) is 5.69 Å². The van der Waals surface area contributed by atoms with E-state index in [4.69, 9.17) is 4.84 Å². The molecule has 0 aliphatic carbocycles. The molecule has 0 atom stereocenters. The Labute approximate surface area is 74.9 Å². The molecule has 0 fully saturated rings. The molecule has 0 saturated carbocycles. The molecular weight excluding hydrogens is 170 g/mol. The molecule has 6 nitrogen and oxygen atoms in total. The maximum Gasteiger partial charge on any atom is 0.166 e. The topological polar surface area (TPSA) is 70.6 Å². The molecule has 6 heteroatoms. The van der Waals surface area contributed by atoms with E-state index in [1.807, 2.05) is 12.1 Å². The lowest BCUT2D eigenvalue weighted by atomic mass is 10.3. The van der Waals surface area contributed by atoms with Gasteiger partial charge in [0.25, 0.3) is 0 Å². The summed E-state index contributed by atoms with van der Waals surface area (Å²) in [6, 6.07) is 3.75. The summed E-state index contributed by atoms with van der Waals surface area (Å²) in [6.07, 6.45) is 0. The van der Waals surface area contributed by atoms with Crippen LogP contribution in [0.3, 0.4) is 0 Å². The van der Waals surface area contributed by atoms with Crippen LogP contribution >= 0.6 is 0 Å². The highest BCUT2D eigenvalue weighted by Gasteiger charge is 2.10. The number of fused-ring (bicyclic) bond motifs is 1. The van der Waals surface area contributed by atoms with Crippen molar-refractivity contribution in [3.63, 3.8) is 0 Å². The fourth-order valence-corrected chi connectivity index (χ4v) is 1.05. The summed E-state index contributed by atoms with van der Waals surface area (Å²) in [7, 11) is 0. The summed E-state index contributed by atoms with van der Waals surface area (Å²) in [6.45, 7) is 3.54. The minimum Gasteiger partial charge on any atom is -0.390 e. The Morgan fingerprint density at radius 3 is 3.23 bits per heavy atom. The SMILES string of the molecule is C=NOCc1ccc2c(n1)NNN2. The number of oxime groups is 1. The van der Waals surface area contributed by atoms with Crippen LogP contribution in [0.15, 0.2) is 17.3 Å². The van der Waals surface area contributed by atoms with Gasteiger partial charge in [-0.05, 0) is 12.1 Å². The average Bonchev–Trinajstić information content (AvgIpc) is 2.61. The predicted molar refractivity (Wildman–Crippen MR) is 49.0 cm³/mol. The number of nitrogens with one attached hydrogen (secondary N) is 3. The molecular formula is C7H9N5O. The van der Waals surface area contributed by atoms with Crippen LogP contribution in [0.5, 0.6) is 0 Å². The van der Waals surface area contributed by atoms with E-state index in [1.54, 1.807) is 0 Å². The lowest BCUT2D eigenvalue weighted by Crippen LogP contribution is -2.19. The van der Waals surface area contributed by atoms with Gasteiger partial charge >= 0.3 is 0 Å². The summed E-state index contributed by atoms with van der Waals surface area (Å²) in [5.41, 5.74) is 10.2. The molecule has 1 aliphatic rings. The number of hydrazine groups is 2. The first-order chi connectivity index (χ1) is 6.40. The molecule has 68 valence electrons. The third-order valence-corrected chi connectivity index (χ3v) is 1.63. The van der Waals surface area contributed by atoms with Crippen molar-refractivity contribution in [1.82, 2.24) is 10.5 Å². The molecule has 1 aliphatic heterocycles. The maximum atomic E-state index is 4.76. The largest absolute Gasteiger partial charge is 0.390 e. The van der Waals surface area contributed by atoms with Gasteiger partial charge in [-0.25, -0.2) is 4.98 Å². The molecule has 1 aromatic rings. The molecule has 1 aromatic heterocycles. The van der Waals surface area contributed by atoms with Gasteiger partial charge in [-0.3, -0.25) is 5.43 Å². The van der Waals surface area contributed by atoms with Crippen LogP contribution in [0.25, 0.3) is 0 Å². The highest BCUT2D eigenvalue weighted by molar-refractivity contribution is 5.67. The second-order valence-corrected chi connectivity index (χ2v) is 2.48. The summed E-state index contributed by atoms with van der Waals surface area (Å²) < 4.78 is 0. The second kappa shape index (κ2) is 3.28. The molecule has 0 amide bonds. The Morgan fingerprint density at radius 2 is 2.38 bits per heavy atom. The van der Waals surface area contributed by atoms with Gasteiger partial charge in [0, 0.05) is 6.72 Å². The Hall–Kier alpha value is -1.82. The monoisotopic (exact) mass is 179 g/mol. The normalized spacial score (nSPS) is 12.6. The van der Waals surface area contributed by atoms with E-state index in [-0.39, 0.29) is 0 Å². The zero-order chi connectivity index (χ0) is 9.10. The minimum absolute atomic E-state index is 0.332. The van der Waals surface area contributed by atoms with Gasteiger partial charge in [0.15, 0.2) is 12.4 Å². The van der Waals surface area contributed by atoms with Gasteiger partial charge in [-0.15, -0.1) is 10.7 Å². The summed E-state index contributed by atoms with van der Waals surface area (Å²) in [4.78, 5) is 9.00. The number of anilines is 2. The molecule has 0 saturated heterocycles. The predicted octanol–water partition coefficient (Wildman–Crippen LogP) is 0.471. The fourth-order valence-electron chi connectivity index (χ4n) is 1.05. The second-order valence-electron chi connectivity index (χ2n) is 2.48. The van der Waals surface area contributed by atoms with Crippen LogP contribution in [0.4, 0.5) is 11.5 Å². The average molecular weight is 179 g/mol. The number of pyridine rings is 1. The zero-order valence-corrected chi connectivity index (χ0v) is 6.87. The molecule has 2 heterocycles. The maximum absolute atomic E-state index is 4.76. The number of rotatable bonds is 3. The quantitative estimate of drug-likeness (QED) is 0.464. The lowest BCUT2D eigenvalue weighted by Gasteiger charge is -2.00. The van der Waals surface area contributed by atoms with Gasteiger partial charge in [0.2, 0.25) is 0 Å². The van der Waals surface area contributed by atoms with Crippen molar-refractivity contribution in [3.05, 3.63) is 17.8 Å². The molecule has 13 heavy (non-hydrogen) atoms. The minimum atomic E-state index is 0.332. The Morgan fingerprint density at radius 1 is 1.46 bits per heavy atom. The Bertz CT molecular complexity index is 327. The van der Waals surface area contributed by atoms with Crippen molar-refractivity contribution in [1.29, 1.82) is 0 Å². The highest BCUT2D eigenvalue weighted by Crippen LogP contribution is 2.21. The number of aromatic nitrogens is 1. The summed E-state index contributed by atoms with van der Waals surface area (Å²) in [5.74, 6) is 0.755. The van der Waals surface area contributed by atoms with Crippen molar-refractivity contribution in [3.8, 4) is 0 Å². The summed E-state index contributed by atoms with van der Waals surface area (Å²) in [5, 5.41) is 3.28. The first kappa shape index (κ1) is 7.81. The molecule has 0 radical (unpaired) electrons. The van der Waals surface area contributed by atoms with E-state index in [0.29, 0.717) is 6.61 Å². The highest BCUT2D eigenvalue weighted by atomic mass is 16.6. The smallest absolute Gasteiger partial charge is 0.166 e. The van der Waals surface area contributed by atoms with E-state index in [1.165, 1.54) is 0 Å². The van der Waals surface area contributed by atoms with Gasteiger partial charge in [0.05, 0.1) is 11.4 Å². The molecule has 0 aromatic carbocycles. The van der Waals surface area contributed by atoms with Crippen LogP contribution in [0, 0.1) is 0 Å². The van der Waals surface area contributed by atoms with E-state index >= 15 is 0 Å². The molecule has 2 rings (SSSR count). The van der Waals surface area contributed by atoms with Crippen molar-refractivity contribution in [2.24, 2.45) is 5.16 Å². The van der Waals surface area contributed by atoms with Crippen molar-refractivity contribution in [2.45, 2.75) is 6.61 Å². The van der Waals surface area contributed by atoms with Gasteiger partial charge in [-0.1, -0.05) is 0 Å². The van der Waals surface area contributed by atoms with Crippen molar-refractivity contribution in [2.75, 3.05) is 10.9 Å². The van der Waals surface area contributed by atoms with Crippen LogP contribution in [0.2, 0.25) is 0 Å². The molecule has 0 unspecified atom stereocenters. The van der Waals surface area contributed by atoms with Crippen molar-refractivity contribution < 1.29 is 4.84 Å². The Kier molecular flexibility index (Phi) is 1.97. The number of hydrogen-bond donors (Lipinski definition) is 3. The van der Waals surface area contributed by atoms with E-state index in [2.05, 4.69) is 33.2 Å². The van der Waals surface area contributed by atoms with Crippen LogP contribution < -0.4 is 16.4 Å². The lowest BCUT2D eigenvalue weighted by molar-refractivity contribution is 0.130. The van der Waals surface area contributed by atoms with E-state index < -0.39 is 0 Å². The third kappa shape index (κ3) is 1.52. The first-order valence-corrected chi connectivity index (χ1v) is 3.75. The number of hydrogen-bond acceptors (Lipinski definition) is 6. The first-order valence-electron chi connectivity index (χ1n) is 3.75. The molecule has 0 bridgehead atoms. The number of nitrogens with zero attached hydrogens (tertiary/aromatic N) is 2. The van der Waals surface area contributed by atoms with Gasteiger partial charge in [0.1, 0.15) is 0 Å².